The predicted molar refractivity (Wildman–Crippen MR) is 161 cm³/mol. The Balaban J connectivity index is 2.27. The van der Waals surface area contributed by atoms with Crippen molar-refractivity contribution in [2.45, 2.75) is 97.6 Å². The van der Waals surface area contributed by atoms with Crippen LogP contribution in [0.4, 0.5) is 0 Å². The van der Waals surface area contributed by atoms with Gasteiger partial charge in [0.2, 0.25) is 11.9 Å². The molecule has 2 aromatic rings. The Morgan fingerprint density at radius 1 is 0.886 bits per heavy atom. The van der Waals surface area contributed by atoms with Crippen molar-refractivity contribution in [3.63, 3.8) is 0 Å². The first-order valence-corrected chi connectivity index (χ1v) is 15.1. The Kier molecular flexibility index (Phi) is 11.9. The predicted octanol–water partition coefficient (Wildman–Crippen LogP) is 4.29. The summed E-state index contributed by atoms with van der Waals surface area (Å²) in [6.45, 7) is 9.67. The van der Waals surface area contributed by atoms with E-state index in [9.17, 15) is 24.3 Å². The third-order valence-electron chi connectivity index (χ3n) is 6.78. The minimum absolute atomic E-state index is 0.0482. The van der Waals surface area contributed by atoms with Gasteiger partial charge in [0.05, 0.1) is 11.7 Å². The van der Waals surface area contributed by atoms with E-state index < -0.39 is 60.7 Å². The number of rotatable bonds is 11. The van der Waals surface area contributed by atoms with Crippen molar-refractivity contribution in [2.75, 3.05) is 6.61 Å². The summed E-state index contributed by atoms with van der Waals surface area (Å²) in [5.74, 6) is -5.47. The molecule has 12 heteroatoms. The van der Waals surface area contributed by atoms with Crippen LogP contribution < -0.4 is 4.74 Å². The second-order valence-corrected chi connectivity index (χ2v) is 11.6. The molecule has 1 saturated heterocycles. The zero-order valence-electron chi connectivity index (χ0n) is 25.9. The number of carbonyl (C=O) groups is 4. The highest BCUT2D eigenvalue weighted by molar-refractivity contribution is 9.10. The van der Waals surface area contributed by atoms with Crippen LogP contribution in [0.2, 0.25) is 0 Å². The van der Waals surface area contributed by atoms with E-state index in [1.807, 2.05) is 24.3 Å². The molecule has 0 amide bonds. The van der Waals surface area contributed by atoms with Gasteiger partial charge in [-0.05, 0) is 55.5 Å². The number of hydrogen-bond acceptors (Lipinski definition) is 11. The first kappa shape index (κ1) is 35.0. The number of aliphatic hydroxyl groups is 1. The topological polar surface area (TPSA) is 144 Å². The van der Waals surface area contributed by atoms with Crippen molar-refractivity contribution in [3.8, 4) is 5.75 Å². The average Bonchev–Trinajstić information content (AvgIpc) is 2.92. The van der Waals surface area contributed by atoms with Gasteiger partial charge < -0.3 is 33.5 Å². The lowest BCUT2D eigenvalue weighted by molar-refractivity contribution is -0.360. The van der Waals surface area contributed by atoms with Crippen LogP contribution in [0, 0.1) is 0 Å². The molecule has 5 atom stereocenters. The number of aryl methyl sites for hydroxylation is 1. The SMILES string of the molecule is CCc1ccc(Cc2cc([C@]3(O)O[C@H](COC(C)=O)[C@@H](OC(C)=O)[C@H](OC(C)=O)[C@H]3OC(C)=O)c(OC(C)C)cc2Br)cc1. The summed E-state index contributed by atoms with van der Waals surface area (Å²) in [6, 6.07) is 11.4. The van der Waals surface area contributed by atoms with Gasteiger partial charge in [-0.1, -0.05) is 47.1 Å². The summed E-state index contributed by atoms with van der Waals surface area (Å²) in [5.41, 5.74) is 2.94. The summed E-state index contributed by atoms with van der Waals surface area (Å²) in [4.78, 5) is 48.6. The van der Waals surface area contributed by atoms with Crippen molar-refractivity contribution in [3.05, 3.63) is 63.1 Å². The summed E-state index contributed by atoms with van der Waals surface area (Å²) in [7, 11) is 0. The largest absolute Gasteiger partial charge is 0.490 e. The smallest absolute Gasteiger partial charge is 0.303 e. The Morgan fingerprint density at radius 3 is 1.98 bits per heavy atom. The van der Waals surface area contributed by atoms with Crippen molar-refractivity contribution >= 4 is 39.8 Å². The fraction of sp³-hybridized carbons (Fsp3) is 0.500. The Bertz CT molecular complexity index is 1360. The van der Waals surface area contributed by atoms with E-state index in [2.05, 4.69) is 22.9 Å². The van der Waals surface area contributed by atoms with Crippen molar-refractivity contribution in [1.82, 2.24) is 0 Å². The van der Waals surface area contributed by atoms with Gasteiger partial charge in [-0.15, -0.1) is 0 Å². The molecule has 240 valence electrons. The number of hydrogen-bond donors (Lipinski definition) is 1. The summed E-state index contributed by atoms with van der Waals surface area (Å²) in [5, 5.41) is 12.5. The van der Waals surface area contributed by atoms with E-state index in [1.54, 1.807) is 26.0 Å². The number of halogens is 1. The third-order valence-corrected chi connectivity index (χ3v) is 7.51. The monoisotopic (exact) mass is 678 g/mol. The van der Waals surface area contributed by atoms with E-state index >= 15 is 0 Å². The second-order valence-electron chi connectivity index (χ2n) is 10.8. The maximum atomic E-state index is 12.5. The van der Waals surface area contributed by atoms with Crippen LogP contribution in [0.1, 0.15) is 70.7 Å². The number of esters is 4. The van der Waals surface area contributed by atoms with Crippen molar-refractivity contribution < 1.29 is 52.7 Å². The molecule has 11 nitrogen and oxygen atoms in total. The summed E-state index contributed by atoms with van der Waals surface area (Å²) < 4.78 is 34.7. The normalized spacial score (nSPS) is 23.0. The number of ether oxygens (including phenoxy) is 6. The van der Waals surface area contributed by atoms with Gasteiger partial charge in [-0.3, -0.25) is 19.2 Å². The van der Waals surface area contributed by atoms with Crippen LogP contribution in [0.3, 0.4) is 0 Å². The van der Waals surface area contributed by atoms with Gasteiger partial charge in [0.1, 0.15) is 18.5 Å². The standard InChI is InChI=1S/C32H39BrO11/c1-8-22-9-11-23(12-10-22)13-24-14-25(27(15-26(24)33)40-17(2)3)32(38)31(43-21(7)37)30(42-20(6)36)29(41-19(5)35)28(44-32)16-39-18(4)34/h9-12,14-15,17,28-31,38H,8,13,16H2,1-7H3/t28-,29-,30+,31-,32+/m1/s1. The molecule has 44 heavy (non-hydrogen) atoms. The van der Waals surface area contributed by atoms with Gasteiger partial charge in [-0.25, -0.2) is 0 Å². The number of benzene rings is 2. The van der Waals surface area contributed by atoms with Crippen LogP contribution in [0.5, 0.6) is 5.75 Å². The molecule has 0 unspecified atom stereocenters. The summed E-state index contributed by atoms with van der Waals surface area (Å²) >= 11 is 3.62. The first-order chi connectivity index (χ1) is 20.6. The van der Waals surface area contributed by atoms with Crippen molar-refractivity contribution in [2.24, 2.45) is 0 Å². The maximum absolute atomic E-state index is 12.5. The van der Waals surface area contributed by atoms with E-state index in [0.717, 1.165) is 38.3 Å². The zero-order valence-corrected chi connectivity index (χ0v) is 27.5. The number of carbonyl (C=O) groups excluding carboxylic acids is 4. The molecule has 0 spiro atoms. The maximum Gasteiger partial charge on any atom is 0.303 e. The van der Waals surface area contributed by atoms with Crippen molar-refractivity contribution in [1.29, 1.82) is 0 Å². The average molecular weight is 680 g/mol. The van der Waals surface area contributed by atoms with Crippen LogP contribution in [0.15, 0.2) is 40.9 Å². The highest BCUT2D eigenvalue weighted by Gasteiger charge is 2.61. The fourth-order valence-corrected chi connectivity index (χ4v) is 5.44. The second kappa shape index (κ2) is 15.0. The van der Waals surface area contributed by atoms with Crippen LogP contribution >= 0.6 is 15.9 Å². The molecule has 1 aliphatic rings. The molecule has 0 saturated carbocycles. The van der Waals surface area contributed by atoms with Gasteiger partial charge in [0, 0.05) is 32.2 Å². The molecule has 1 heterocycles. The van der Waals surface area contributed by atoms with Crippen LogP contribution in [-0.4, -0.2) is 66.1 Å². The first-order valence-electron chi connectivity index (χ1n) is 14.3. The molecule has 1 N–H and O–H groups in total. The molecular weight excluding hydrogens is 640 g/mol. The van der Waals surface area contributed by atoms with Gasteiger partial charge in [-0.2, -0.15) is 0 Å². The quantitative estimate of drug-likeness (QED) is 0.268. The zero-order chi connectivity index (χ0) is 32.8. The van der Waals surface area contributed by atoms with E-state index in [1.165, 1.54) is 12.5 Å². The minimum Gasteiger partial charge on any atom is -0.490 e. The Morgan fingerprint density at radius 2 is 1.45 bits per heavy atom. The lowest BCUT2D eigenvalue weighted by Crippen LogP contribution is -2.66. The molecule has 0 aromatic heterocycles. The highest BCUT2D eigenvalue weighted by atomic mass is 79.9. The molecular formula is C32H39BrO11. The Hall–Kier alpha value is -3.48. The Labute approximate surface area is 265 Å². The molecule has 0 bridgehead atoms. The minimum atomic E-state index is -2.54. The van der Waals surface area contributed by atoms with Crippen LogP contribution in [0.25, 0.3) is 0 Å². The molecule has 1 aliphatic heterocycles. The molecule has 0 aliphatic carbocycles. The van der Waals surface area contributed by atoms with Crippen LogP contribution in [-0.2, 0) is 61.5 Å². The third kappa shape index (κ3) is 8.80. The summed E-state index contributed by atoms with van der Waals surface area (Å²) in [6.07, 6.45) is -5.12. The van der Waals surface area contributed by atoms with Gasteiger partial charge in [0.15, 0.2) is 12.2 Å². The lowest BCUT2D eigenvalue weighted by Gasteiger charge is -2.49. The van der Waals surface area contributed by atoms with E-state index in [-0.39, 0.29) is 17.4 Å². The molecule has 1 fully saturated rings. The molecule has 0 radical (unpaired) electrons. The van der Waals surface area contributed by atoms with E-state index in [4.69, 9.17) is 28.4 Å². The van der Waals surface area contributed by atoms with Gasteiger partial charge in [0.25, 0.3) is 0 Å². The molecule has 2 aromatic carbocycles. The van der Waals surface area contributed by atoms with E-state index in [0.29, 0.717) is 10.9 Å². The van der Waals surface area contributed by atoms with Gasteiger partial charge >= 0.3 is 23.9 Å². The lowest BCUT2D eigenvalue weighted by atomic mass is 9.86. The fourth-order valence-electron chi connectivity index (χ4n) is 4.98. The molecule has 3 rings (SSSR count). The highest BCUT2D eigenvalue weighted by Crippen LogP contribution is 2.46.